The normalized spacial score (nSPS) is 20.6. The molecule has 1 aromatic heterocycles. The molecule has 112 valence electrons. The van der Waals surface area contributed by atoms with Crippen LogP contribution in [0.15, 0.2) is 21.6 Å². The van der Waals surface area contributed by atoms with Crippen LogP contribution in [0.1, 0.15) is 19.3 Å². The number of rotatable bonds is 0. The first-order valence-electron chi connectivity index (χ1n) is 6.46. The molecule has 20 heavy (non-hydrogen) atoms. The Kier molecular flexibility index (Phi) is 5.76. The van der Waals surface area contributed by atoms with Gasteiger partial charge in [-0.25, -0.2) is 18.1 Å². The van der Waals surface area contributed by atoms with Crippen molar-refractivity contribution in [1.29, 1.82) is 0 Å². The second-order valence-electron chi connectivity index (χ2n) is 4.36. The summed E-state index contributed by atoms with van der Waals surface area (Å²) in [6.45, 7) is 1.98. The third-order valence-corrected chi connectivity index (χ3v) is 4.68. The Hall–Kier alpha value is -0.700. The van der Waals surface area contributed by atoms with Gasteiger partial charge in [-0.05, 0) is 40.9 Å². The highest BCUT2D eigenvalue weighted by Crippen LogP contribution is 2.24. The standard InChI is InChI=1S/C12H17BrN2O4S/c13-11-5-4-10-12(15-11)19-9-3-8-18-7-2-1-6-14-20(10,16)17/h4-5,14H,1-3,6-9H2. The van der Waals surface area contributed by atoms with Crippen LogP contribution < -0.4 is 9.46 Å². The lowest BCUT2D eigenvalue weighted by Crippen LogP contribution is -2.25. The quantitative estimate of drug-likeness (QED) is 0.709. The Balaban J connectivity index is 2.25. The Bertz CT molecular complexity index is 550. The fraction of sp³-hybridized carbons (Fsp3) is 0.583. The van der Waals surface area contributed by atoms with Crippen LogP contribution in [0.2, 0.25) is 0 Å². The van der Waals surface area contributed by atoms with Crippen LogP contribution in [0.3, 0.4) is 0 Å². The molecule has 0 amide bonds. The van der Waals surface area contributed by atoms with Crippen LogP contribution in [0.4, 0.5) is 0 Å². The van der Waals surface area contributed by atoms with Crippen LogP contribution in [-0.4, -0.2) is 39.8 Å². The number of sulfonamides is 1. The summed E-state index contributed by atoms with van der Waals surface area (Å²) >= 11 is 3.22. The summed E-state index contributed by atoms with van der Waals surface area (Å²) < 4.78 is 38.4. The molecule has 2 rings (SSSR count). The molecule has 0 saturated carbocycles. The van der Waals surface area contributed by atoms with Gasteiger partial charge in [-0.2, -0.15) is 0 Å². The van der Waals surface area contributed by atoms with Crippen molar-refractivity contribution >= 4 is 26.0 Å². The van der Waals surface area contributed by atoms with Crippen LogP contribution in [0, 0.1) is 0 Å². The van der Waals surface area contributed by atoms with Gasteiger partial charge < -0.3 is 9.47 Å². The summed E-state index contributed by atoms with van der Waals surface area (Å²) in [6, 6.07) is 3.08. The molecule has 1 N–H and O–H groups in total. The molecule has 0 radical (unpaired) electrons. The summed E-state index contributed by atoms with van der Waals surface area (Å²) in [5, 5.41) is 0. The first-order valence-corrected chi connectivity index (χ1v) is 8.74. The van der Waals surface area contributed by atoms with E-state index in [4.69, 9.17) is 9.47 Å². The largest absolute Gasteiger partial charge is 0.477 e. The second-order valence-corrected chi connectivity index (χ2v) is 6.90. The number of ether oxygens (including phenoxy) is 2. The molecule has 0 saturated heterocycles. The van der Waals surface area contributed by atoms with E-state index in [-0.39, 0.29) is 10.8 Å². The summed E-state index contributed by atoms with van der Waals surface area (Å²) in [7, 11) is -3.60. The average molecular weight is 365 g/mol. The van der Waals surface area contributed by atoms with Gasteiger partial charge in [0.2, 0.25) is 15.9 Å². The van der Waals surface area contributed by atoms with E-state index in [1.54, 1.807) is 6.07 Å². The Labute approximate surface area is 127 Å². The van der Waals surface area contributed by atoms with Crippen molar-refractivity contribution in [3.63, 3.8) is 0 Å². The Morgan fingerprint density at radius 2 is 1.95 bits per heavy atom. The lowest BCUT2D eigenvalue weighted by Gasteiger charge is -2.11. The number of hydrogen-bond acceptors (Lipinski definition) is 5. The van der Waals surface area contributed by atoms with Gasteiger partial charge in [0.1, 0.15) is 9.50 Å². The summed E-state index contributed by atoms with van der Waals surface area (Å²) in [6.07, 6.45) is 2.26. The molecule has 0 aliphatic carbocycles. The molecule has 2 heterocycles. The third-order valence-electron chi connectivity index (χ3n) is 2.76. The van der Waals surface area contributed by atoms with E-state index in [2.05, 4.69) is 25.6 Å². The van der Waals surface area contributed by atoms with E-state index in [1.165, 1.54) is 6.07 Å². The van der Waals surface area contributed by atoms with Crippen molar-refractivity contribution in [2.45, 2.75) is 24.2 Å². The van der Waals surface area contributed by atoms with Crippen molar-refractivity contribution < 1.29 is 17.9 Å². The van der Waals surface area contributed by atoms with Crippen LogP contribution in [0.5, 0.6) is 5.88 Å². The highest BCUT2D eigenvalue weighted by atomic mass is 79.9. The molecular weight excluding hydrogens is 348 g/mol. The zero-order chi connectivity index (χ0) is 14.4. The SMILES string of the molecule is O=S1(=O)NCCCCOCCCOc2nc(Br)ccc21. The van der Waals surface area contributed by atoms with Crippen molar-refractivity contribution in [3.8, 4) is 5.88 Å². The molecule has 0 fully saturated rings. The Morgan fingerprint density at radius 3 is 2.80 bits per heavy atom. The Morgan fingerprint density at radius 1 is 1.15 bits per heavy atom. The van der Waals surface area contributed by atoms with Gasteiger partial charge in [-0.1, -0.05) is 0 Å². The summed E-state index contributed by atoms with van der Waals surface area (Å²) in [5.41, 5.74) is 0. The molecule has 1 aliphatic heterocycles. The summed E-state index contributed by atoms with van der Waals surface area (Å²) in [4.78, 5) is 4.17. The fourth-order valence-corrected chi connectivity index (χ4v) is 3.20. The van der Waals surface area contributed by atoms with Gasteiger partial charge in [-0.3, -0.25) is 0 Å². The molecule has 0 bridgehead atoms. The lowest BCUT2D eigenvalue weighted by molar-refractivity contribution is 0.115. The van der Waals surface area contributed by atoms with E-state index in [0.717, 1.165) is 12.8 Å². The number of aromatic nitrogens is 1. The van der Waals surface area contributed by atoms with Gasteiger partial charge >= 0.3 is 0 Å². The van der Waals surface area contributed by atoms with Gasteiger partial charge in [-0.15, -0.1) is 0 Å². The number of pyridine rings is 1. The number of halogens is 1. The number of hydrogen-bond donors (Lipinski definition) is 1. The predicted molar refractivity (Wildman–Crippen MR) is 77.3 cm³/mol. The lowest BCUT2D eigenvalue weighted by atomic mass is 10.3. The van der Waals surface area contributed by atoms with Gasteiger partial charge in [0.25, 0.3) is 0 Å². The molecule has 0 atom stereocenters. The number of nitrogens with zero attached hydrogens (tertiary/aromatic N) is 1. The zero-order valence-electron chi connectivity index (χ0n) is 11.0. The van der Waals surface area contributed by atoms with E-state index < -0.39 is 10.0 Å². The maximum Gasteiger partial charge on any atom is 0.245 e. The number of nitrogens with one attached hydrogen (secondary N) is 1. The topological polar surface area (TPSA) is 77.5 Å². The smallest absolute Gasteiger partial charge is 0.245 e. The highest BCUT2D eigenvalue weighted by Gasteiger charge is 2.21. The van der Waals surface area contributed by atoms with Crippen LogP contribution in [-0.2, 0) is 14.8 Å². The van der Waals surface area contributed by atoms with Gasteiger partial charge in [0.05, 0.1) is 6.61 Å². The van der Waals surface area contributed by atoms with E-state index >= 15 is 0 Å². The second kappa shape index (κ2) is 7.35. The van der Waals surface area contributed by atoms with Crippen LogP contribution >= 0.6 is 15.9 Å². The van der Waals surface area contributed by atoms with E-state index in [9.17, 15) is 8.42 Å². The molecule has 0 unspecified atom stereocenters. The van der Waals surface area contributed by atoms with Crippen molar-refractivity contribution in [1.82, 2.24) is 9.71 Å². The predicted octanol–water partition coefficient (Wildman–Crippen LogP) is 1.70. The first kappa shape index (κ1) is 15.7. The minimum absolute atomic E-state index is 0.0702. The first-order chi connectivity index (χ1) is 9.59. The van der Waals surface area contributed by atoms with Crippen molar-refractivity contribution in [2.75, 3.05) is 26.4 Å². The van der Waals surface area contributed by atoms with Crippen molar-refractivity contribution in [3.05, 3.63) is 16.7 Å². The molecule has 0 aromatic carbocycles. The minimum Gasteiger partial charge on any atom is -0.477 e. The van der Waals surface area contributed by atoms with Gasteiger partial charge in [0.15, 0.2) is 0 Å². The van der Waals surface area contributed by atoms with Crippen LogP contribution in [0.25, 0.3) is 0 Å². The number of fused-ring (bicyclic) bond motifs is 1. The zero-order valence-corrected chi connectivity index (χ0v) is 13.4. The maximum atomic E-state index is 12.2. The molecule has 8 heteroatoms. The molecule has 1 aromatic rings. The summed E-state index contributed by atoms with van der Waals surface area (Å²) in [5.74, 6) is 0.117. The van der Waals surface area contributed by atoms with Crippen molar-refractivity contribution in [2.24, 2.45) is 0 Å². The average Bonchev–Trinajstić information content (AvgIpc) is 2.41. The minimum atomic E-state index is -3.60. The monoisotopic (exact) mass is 364 g/mol. The van der Waals surface area contributed by atoms with Gasteiger partial charge in [0, 0.05) is 26.2 Å². The van der Waals surface area contributed by atoms with E-state index in [0.29, 0.717) is 37.4 Å². The fourth-order valence-electron chi connectivity index (χ4n) is 1.76. The maximum absolute atomic E-state index is 12.2. The molecule has 0 spiro atoms. The highest BCUT2D eigenvalue weighted by molar-refractivity contribution is 9.10. The third kappa shape index (κ3) is 4.41. The molecular formula is C12H17BrN2O4S. The van der Waals surface area contributed by atoms with E-state index in [1.807, 2.05) is 0 Å². The molecule has 6 nitrogen and oxygen atoms in total. The molecule has 1 aliphatic rings.